The van der Waals surface area contributed by atoms with Crippen LogP contribution in [0.3, 0.4) is 0 Å². The number of carbonyl (C=O) groups excluding carboxylic acids is 1. The minimum atomic E-state index is -0.125. The van der Waals surface area contributed by atoms with Gasteiger partial charge >= 0.3 is 0 Å². The Labute approximate surface area is 110 Å². The van der Waals surface area contributed by atoms with Gasteiger partial charge in [0.2, 0.25) is 0 Å². The second kappa shape index (κ2) is 5.55. The minimum absolute atomic E-state index is 0.125. The summed E-state index contributed by atoms with van der Waals surface area (Å²) in [6, 6.07) is 9.17. The molecule has 1 aromatic heterocycles. The largest absolute Gasteiger partial charge is 0.494 e. The first-order valence-electron chi connectivity index (χ1n) is 5.45. The lowest BCUT2D eigenvalue weighted by Gasteiger charge is -2.11. The van der Waals surface area contributed by atoms with E-state index in [0.717, 1.165) is 5.69 Å². The molecule has 18 heavy (non-hydrogen) atoms. The lowest BCUT2D eigenvalue weighted by Crippen LogP contribution is -2.11. The highest BCUT2D eigenvalue weighted by molar-refractivity contribution is 7.12. The Morgan fingerprint density at radius 2 is 2.17 bits per heavy atom. The van der Waals surface area contributed by atoms with Crippen LogP contribution in [0.25, 0.3) is 0 Å². The third kappa shape index (κ3) is 2.62. The topological polar surface area (TPSA) is 50.4 Å². The van der Waals surface area contributed by atoms with Crippen LogP contribution in [-0.4, -0.2) is 20.1 Å². The SMILES string of the molecule is CNc1ccc(NC(=O)c2cccs2)c(OC)c1. The van der Waals surface area contributed by atoms with Gasteiger partial charge in [0.15, 0.2) is 0 Å². The summed E-state index contributed by atoms with van der Waals surface area (Å²) in [6.07, 6.45) is 0. The Morgan fingerprint density at radius 1 is 1.33 bits per heavy atom. The van der Waals surface area contributed by atoms with Gasteiger partial charge in [-0.05, 0) is 23.6 Å². The smallest absolute Gasteiger partial charge is 0.265 e. The van der Waals surface area contributed by atoms with E-state index >= 15 is 0 Å². The van der Waals surface area contributed by atoms with Gasteiger partial charge in [-0.3, -0.25) is 4.79 Å². The molecule has 5 heteroatoms. The van der Waals surface area contributed by atoms with Crippen LogP contribution in [0.4, 0.5) is 11.4 Å². The number of hydrogen-bond acceptors (Lipinski definition) is 4. The van der Waals surface area contributed by atoms with Crippen molar-refractivity contribution in [1.29, 1.82) is 0 Å². The van der Waals surface area contributed by atoms with Crippen molar-refractivity contribution in [1.82, 2.24) is 0 Å². The Balaban J connectivity index is 2.21. The molecule has 0 aliphatic rings. The molecule has 0 unspecified atom stereocenters. The molecule has 2 aromatic rings. The molecule has 1 amide bonds. The summed E-state index contributed by atoms with van der Waals surface area (Å²) in [6.45, 7) is 0. The van der Waals surface area contributed by atoms with Gasteiger partial charge in [-0.15, -0.1) is 11.3 Å². The van der Waals surface area contributed by atoms with E-state index in [1.807, 2.05) is 36.7 Å². The average molecular weight is 262 g/mol. The number of ether oxygens (including phenoxy) is 1. The molecule has 94 valence electrons. The Kier molecular flexibility index (Phi) is 3.84. The molecule has 1 heterocycles. The number of anilines is 2. The van der Waals surface area contributed by atoms with Crippen LogP contribution in [-0.2, 0) is 0 Å². The van der Waals surface area contributed by atoms with Crippen molar-refractivity contribution in [3.05, 3.63) is 40.6 Å². The van der Waals surface area contributed by atoms with Crippen LogP contribution in [0.2, 0.25) is 0 Å². The number of amides is 1. The minimum Gasteiger partial charge on any atom is -0.494 e. The molecular weight excluding hydrogens is 248 g/mol. The number of rotatable bonds is 4. The van der Waals surface area contributed by atoms with E-state index in [1.165, 1.54) is 11.3 Å². The molecule has 1 aromatic carbocycles. The van der Waals surface area contributed by atoms with E-state index in [4.69, 9.17) is 4.74 Å². The summed E-state index contributed by atoms with van der Waals surface area (Å²) in [5.41, 5.74) is 1.59. The van der Waals surface area contributed by atoms with Crippen molar-refractivity contribution in [2.75, 3.05) is 24.8 Å². The quantitative estimate of drug-likeness (QED) is 0.890. The van der Waals surface area contributed by atoms with Crippen LogP contribution in [0.5, 0.6) is 5.75 Å². The van der Waals surface area contributed by atoms with E-state index < -0.39 is 0 Å². The molecule has 2 N–H and O–H groups in total. The number of thiophene rings is 1. The lowest BCUT2D eigenvalue weighted by molar-refractivity contribution is 0.103. The first-order valence-corrected chi connectivity index (χ1v) is 6.33. The Morgan fingerprint density at radius 3 is 2.78 bits per heavy atom. The standard InChI is InChI=1S/C13H14N2O2S/c1-14-9-5-6-10(11(8-9)17-2)15-13(16)12-4-3-7-18-12/h3-8,14H,1-2H3,(H,15,16). The van der Waals surface area contributed by atoms with Gasteiger partial charge in [0, 0.05) is 18.8 Å². The van der Waals surface area contributed by atoms with Crippen LogP contribution in [0, 0.1) is 0 Å². The Hall–Kier alpha value is -2.01. The van der Waals surface area contributed by atoms with Crippen LogP contribution >= 0.6 is 11.3 Å². The molecule has 0 spiro atoms. The molecule has 0 fully saturated rings. The second-order valence-electron chi connectivity index (χ2n) is 3.60. The van der Waals surface area contributed by atoms with Gasteiger partial charge in [0.1, 0.15) is 5.75 Å². The molecular formula is C13H14N2O2S. The number of benzene rings is 1. The lowest BCUT2D eigenvalue weighted by atomic mass is 10.2. The second-order valence-corrected chi connectivity index (χ2v) is 4.54. The van der Waals surface area contributed by atoms with Gasteiger partial charge in [0.25, 0.3) is 5.91 Å². The van der Waals surface area contributed by atoms with Gasteiger partial charge in [-0.25, -0.2) is 0 Å². The summed E-state index contributed by atoms with van der Waals surface area (Å²) in [5.74, 6) is 0.507. The summed E-state index contributed by atoms with van der Waals surface area (Å²) in [5, 5.41) is 7.72. The normalized spacial score (nSPS) is 9.89. The molecule has 0 atom stereocenters. The third-order valence-corrected chi connectivity index (χ3v) is 3.35. The third-order valence-electron chi connectivity index (χ3n) is 2.48. The van der Waals surface area contributed by atoms with Crippen LogP contribution in [0.1, 0.15) is 9.67 Å². The van der Waals surface area contributed by atoms with Crippen LogP contribution in [0.15, 0.2) is 35.7 Å². The molecule has 0 aliphatic heterocycles. The maximum Gasteiger partial charge on any atom is 0.265 e. The van der Waals surface area contributed by atoms with Crippen molar-refractivity contribution in [3.8, 4) is 5.75 Å². The predicted octanol–water partition coefficient (Wildman–Crippen LogP) is 3.05. The molecule has 0 bridgehead atoms. The van der Waals surface area contributed by atoms with Crippen molar-refractivity contribution in [2.45, 2.75) is 0 Å². The van der Waals surface area contributed by atoms with E-state index in [9.17, 15) is 4.79 Å². The molecule has 0 saturated carbocycles. The fourth-order valence-electron chi connectivity index (χ4n) is 1.54. The van der Waals surface area contributed by atoms with Gasteiger partial charge in [-0.2, -0.15) is 0 Å². The van der Waals surface area contributed by atoms with Gasteiger partial charge in [-0.1, -0.05) is 6.07 Å². The maximum absolute atomic E-state index is 11.9. The van der Waals surface area contributed by atoms with Gasteiger partial charge < -0.3 is 15.4 Å². The molecule has 4 nitrogen and oxygen atoms in total. The fraction of sp³-hybridized carbons (Fsp3) is 0.154. The van der Waals surface area contributed by atoms with E-state index in [0.29, 0.717) is 16.3 Å². The van der Waals surface area contributed by atoms with Gasteiger partial charge in [0.05, 0.1) is 17.7 Å². The summed E-state index contributed by atoms with van der Waals surface area (Å²) in [7, 11) is 3.41. The van der Waals surface area contributed by atoms with Crippen molar-refractivity contribution < 1.29 is 9.53 Å². The summed E-state index contributed by atoms with van der Waals surface area (Å²) >= 11 is 1.41. The maximum atomic E-state index is 11.9. The zero-order chi connectivity index (χ0) is 13.0. The Bertz CT molecular complexity index is 538. The summed E-state index contributed by atoms with van der Waals surface area (Å²) < 4.78 is 5.25. The van der Waals surface area contributed by atoms with Crippen LogP contribution < -0.4 is 15.4 Å². The predicted molar refractivity (Wildman–Crippen MR) is 74.8 cm³/mol. The monoisotopic (exact) mass is 262 g/mol. The average Bonchev–Trinajstić information content (AvgIpc) is 2.93. The zero-order valence-electron chi connectivity index (χ0n) is 10.2. The highest BCUT2D eigenvalue weighted by Gasteiger charge is 2.10. The number of carbonyl (C=O) groups is 1. The highest BCUT2D eigenvalue weighted by atomic mass is 32.1. The highest BCUT2D eigenvalue weighted by Crippen LogP contribution is 2.28. The fourth-order valence-corrected chi connectivity index (χ4v) is 2.16. The number of hydrogen-bond donors (Lipinski definition) is 2. The summed E-state index contributed by atoms with van der Waals surface area (Å²) in [4.78, 5) is 12.6. The zero-order valence-corrected chi connectivity index (χ0v) is 11.0. The van der Waals surface area contributed by atoms with E-state index in [-0.39, 0.29) is 5.91 Å². The van der Waals surface area contributed by atoms with Crippen molar-refractivity contribution in [3.63, 3.8) is 0 Å². The molecule has 0 radical (unpaired) electrons. The van der Waals surface area contributed by atoms with Crippen molar-refractivity contribution in [2.24, 2.45) is 0 Å². The van der Waals surface area contributed by atoms with E-state index in [2.05, 4.69) is 10.6 Å². The number of methoxy groups -OCH3 is 1. The first-order chi connectivity index (χ1) is 8.74. The molecule has 0 aliphatic carbocycles. The first kappa shape index (κ1) is 12.4. The van der Waals surface area contributed by atoms with E-state index in [1.54, 1.807) is 13.2 Å². The number of nitrogens with one attached hydrogen (secondary N) is 2. The molecule has 2 rings (SSSR count). The van der Waals surface area contributed by atoms with Crippen molar-refractivity contribution >= 4 is 28.6 Å². The molecule has 0 saturated heterocycles.